The highest BCUT2D eigenvalue weighted by Crippen LogP contribution is 2.33. The van der Waals surface area contributed by atoms with Crippen molar-refractivity contribution in [2.75, 3.05) is 6.61 Å². The van der Waals surface area contributed by atoms with Crippen molar-refractivity contribution < 1.29 is 9.53 Å². The van der Waals surface area contributed by atoms with E-state index in [9.17, 15) is 4.79 Å². The largest absolute Gasteiger partial charge is 0.483 e. The number of benzene rings is 2. The number of fused-ring (bicyclic) bond motifs is 1. The number of rotatable bonds is 5. The number of hydrogen-bond acceptors (Lipinski definition) is 2. The summed E-state index contributed by atoms with van der Waals surface area (Å²) >= 11 is 3.58. The van der Waals surface area contributed by atoms with E-state index in [2.05, 4.69) is 15.9 Å². The number of amides is 1. The summed E-state index contributed by atoms with van der Waals surface area (Å²) in [7, 11) is 0. The Labute approximate surface area is 140 Å². The highest BCUT2D eigenvalue weighted by molar-refractivity contribution is 9.10. The molecule has 4 heteroatoms. The Bertz CT molecular complexity index is 659. The van der Waals surface area contributed by atoms with Crippen LogP contribution in [0.5, 0.6) is 5.75 Å². The third-order valence-corrected chi connectivity index (χ3v) is 4.40. The van der Waals surface area contributed by atoms with Crippen LogP contribution in [0.4, 0.5) is 0 Å². The third-order valence-electron chi connectivity index (χ3n) is 3.58. The Balaban J connectivity index is 2.15. The van der Waals surface area contributed by atoms with E-state index < -0.39 is 0 Å². The fourth-order valence-electron chi connectivity index (χ4n) is 2.71. The number of halogens is 1. The zero-order chi connectivity index (χ0) is 16.3. The molecule has 0 radical (unpaired) electrons. The Kier molecular flexibility index (Phi) is 5.46. The maximum Gasteiger partial charge on any atom is 0.260 e. The van der Waals surface area contributed by atoms with Gasteiger partial charge in [-0.25, -0.2) is 0 Å². The van der Waals surface area contributed by atoms with Gasteiger partial charge < -0.3 is 9.64 Å². The molecule has 0 aliphatic rings. The molecule has 0 unspecified atom stereocenters. The third kappa shape index (κ3) is 3.61. The van der Waals surface area contributed by atoms with Gasteiger partial charge in [0.05, 0.1) is 4.47 Å². The molecule has 118 valence electrons. The van der Waals surface area contributed by atoms with E-state index in [1.54, 1.807) is 0 Å². The van der Waals surface area contributed by atoms with E-state index in [4.69, 9.17) is 4.74 Å². The van der Waals surface area contributed by atoms with Crippen LogP contribution in [0, 0.1) is 0 Å². The van der Waals surface area contributed by atoms with Crippen LogP contribution in [0.2, 0.25) is 0 Å². The minimum Gasteiger partial charge on any atom is -0.483 e. The first-order valence-electron chi connectivity index (χ1n) is 7.53. The zero-order valence-corrected chi connectivity index (χ0v) is 15.1. The molecule has 3 nitrogen and oxygen atoms in total. The van der Waals surface area contributed by atoms with Crippen LogP contribution < -0.4 is 4.74 Å². The molecule has 0 N–H and O–H groups in total. The lowest BCUT2D eigenvalue weighted by atomic mass is 10.1. The van der Waals surface area contributed by atoms with E-state index in [0.717, 1.165) is 15.2 Å². The topological polar surface area (TPSA) is 29.5 Å². The summed E-state index contributed by atoms with van der Waals surface area (Å²) in [6, 6.07) is 12.3. The van der Waals surface area contributed by atoms with Crippen LogP contribution >= 0.6 is 15.9 Å². The van der Waals surface area contributed by atoms with Crippen molar-refractivity contribution in [3.63, 3.8) is 0 Å². The van der Waals surface area contributed by atoms with E-state index in [1.165, 1.54) is 0 Å². The van der Waals surface area contributed by atoms with E-state index in [0.29, 0.717) is 5.75 Å². The second-order valence-corrected chi connectivity index (χ2v) is 6.67. The lowest BCUT2D eigenvalue weighted by molar-refractivity contribution is -0.137. The smallest absolute Gasteiger partial charge is 0.260 e. The van der Waals surface area contributed by atoms with Crippen molar-refractivity contribution in [3.8, 4) is 5.75 Å². The molecule has 0 saturated heterocycles. The standard InChI is InChI=1S/C18H22BrNO2/c1-12(2)20(13(3)4)17(21)11-22-16-10-9-14-7-5-6-8-15(14)18(16)19/h5-10,12-13H,11H2,1-4H3. The minimum atomic E-state index is 0.00468. The number of ether oxygens (including phenoxy) is 1. The summed E-state index contributed by atoms with van der Waals surface area (Å²) in [6.07, 6.45) is 0. The second-order valence-electron chi connectivity index (χ2n) is 5.88. The quantitative estimate of drug-likeness (QED) is 0.774. The summed E-state index contributed by atoms with van der Waals surface area (Å²) in [5, 5.41) is 2.22. The van der Waals surface area contributed by atoms with Gasteiger partial charge in [0.2, 0.25) is 0 Å². The maximum absolute atomic E-state index is 12.4. The highest BCUT2D eigenvalue weighted by Gasteiger charge is 2.20. The van der Waals surface area contributed by atoms with Gasteiger partial charge in [0.1, 0.15) is 5.75 Å². The Hall–Kier alpha value is -1.55. The summed E-state index contributed by atoms with van der Waals surface area (Å²) in [4.78, 5) is 14.2. The monoisotopic (exact) mass is 363 g/mol. The first-order valence-corrected chi connectivity index (χ1v) is 8.32. The first-order chi connectivity index (χ1) is 10.4. The molecule has 0 aromatic heterocycles. The van der Waals surface area contributed by atoms with Crippen LogP contribution in [-0.2, 0) is 4.79 Å². The molecule has 2 aromatic carbocycles. The number of hydrogen-bond donors (Lipinski definition) is 0. The average Bonchev–Trinajstić information content (AvgIpc) is 2.46. The minimum absolute atomic E-state index is 0.00468. The lowest BCUT2D eigenvalue weighted by Crippen LogP contribution is -2.44. The predicted molar refractivity (Wildman–Crippen MR) is 94.3 cm³/mol. The first kappa shape index (κ1) is 16.8. The van der Waals surface area contributed by atoms with E-state index in [-0.39, 0.29) is 24.6 Å². The number of carbonyl (C=O) groups excluding carboxylic acids is 1. The lowest BCUT2D eigenvalue weighted by Gasteiger charge is -2.30. The molecule has 0 atom stereocenters. The molecular formula is C18H22BrNO2. The summed E-state index contributed by atoms with van der Waals surface area (Å²) in [6.45, 7) is 8.12. The van der Waals surface area contributed by atoms with Gasteiger partial charge in [0, 0.05) is 12.1 Å². The molecule has 0 fully saturated rings. The molecule has 0 spiro atoms. The maximum atomic E-state index is 12.4. The fraction of sp³-hybridized carbons (Fsp3) is 0.389. The molecule has 0 heterocycles. The Morgan fingerprint density at radius 2 is 1.73 bits per heavy atom. The molecule has 0 aliphatic heterocycles. The SMILES string of the molecule is CC(C)N(C(=O)COc1ccc2ccccc2c1Br)C(C)C. The Morgan fingerprint density at radius 3 is 2.36 bits per heavy atom. The molecule has 1 amide bonds. The van der Waals surface area contributed by atoms with Crippen molar-refractivity contribution in [3.05, 3.63) is 40.9 Å². The normalized spacial score (nSPS) is 11.2. The van der Waals surface area contributed by atoms with Gasteiger partial charge in [-0.3, -0.25) is 4.79 Å². The molecule has 2 rings (SSSR count). The zero-order valence-electron chi connectivity index (χ0n) is 13.5. The van der Waals surface area contributed by atoms with Crippen LogP contribution in [-0.4, -0.2) is 29.5 Å². The van der Waals surface area contributed by atoms with Crippen LogP contribution in [0.3, 0.4) is 0 Å². The second kappa shape index (κ2) is 7.14. The molecule has 0 bridgehead atoms. The number of carbonyl (C=O) groups is 1. The molecule has 22 heavy (non-hydrogen) atoms. The highest BCUT2D eigenvalue weighted by atomic mass is 79.9. The fourth-order valence-corrected chi connectivity index (χ4v) is 3.32. The van der Waals surface area contributed by atoms with E-state index in [1.807, 2.05) is 69.0 Å². The molecule has 2 aromatic rings. The van der Waals surface area contributed by atoms with Gasteiger partial charge >= 0.3 is 0 Å². The molecule has 0 aliphatic carbocycles. The van der Waals surface area contributed by atoms with Gasteiger partial charge in [-0.05, 0) is 60.5 Å². The van der Waals surface area contributed by atoms with E-state index >= 15 is 0 Å². The van der Waals surface area contributed by atoms with Gasteiger partial charge in [-0.15, -0.1) is 0 Å². The average molecular weight is 364 g/mol. The molecule has 0 saturated carbocycles. The summed E-state index contributed by atoms with van der Waals surface area (Å²) < 4.78 is 6.64. The van der Waals surface area contributed by atoms with Gasteiger partial charge in [0.25, 0.3) is 5.91 Å². The van der Waals surface area contributed by atoms with Crippen LogP contribution in [0.15, 0.2) is 40.9 Å². The van der Waals surface area contributed by atoms with Crippen molar-refractivity contribution in [2.45, 2.75) is 39.8 Å². The van der Waals surface area contributed by atoms with Gasteiger partial charge in [-0.1, -0.05) is 30.3 Å². The summed E-state index contributed by atoms with van der Waals surface area (Å²) in [5.74, 6) is 0.699. The van der Waals surface area contributed by atoms with Crippen molar-refractivity contribution in [2.24, 2.45) is 0 Å². The molecular weight excluding hydrogens is 342 g/mol. The summed E-state index contributed by atoms with van der Waals surface area (Å²) in [5.41, 5.74) is 0. The van der Waals surface area contributed by atoms with Gasteiger partial charge in [-0.2, -0.15) is 0 Å². The van der Waals surface area contributed by atoms with Crippen LogP contribution in [0.25, 0.3) is 10.8 Å². The van der Waals surface area contributed by atoms with Crippen molar-refractivity contribution in [1.29, 1.82) is 0 Å². The Morgan fingerprint density at radius 1 is 1.09 bits per heavy atom. The van der Waals surface area contributed by atoms with Crippen molar-refractivity contribution in [1.82, 2.24) is 4.90 Å². The van der Waals surface area contributed by atoms with Crippen LogP contribution in [0.1, 0.15) is 27.7 Å². The number of nitrogens with zero attached hydrogens (tertiary/aromatic N) is 1. The predicted octanol–water partition coefficient (Wildman–Crippen LogP) is 4.63. The van der Waals surface area contributed by atoms with Gasteiger partial charge in [0.15, 0.2) is 6.61 Å². The van der Waals surface area contributed by atoms with Crippen molar-refractivity contribution >= 4 is 32.6 Å².